The SMILES string of the molecule is CCOC(=O)C(=C=N)/C=C(/C(=O)c1ccc(C)cc1)[n+]1ccc(N(C)C)cc1. The highest BCUT2D eigenvalue weighted by atomic mass is 16.5. The lowest BCUT2D eigenvalue weighted by Crippen LogP contribution is -2.36. The first-order chi connectivity index (χ1) is 13.4. The number of pyridine rings is 1. The number of aryl methyl sites for hydroxylation is 1. The van der Waals surface area contributed by atoms with Crippen molar-refractivity contribution in [3.05, 3.63) is 71.6 Å². The van der Waals surface area contributed by atoms with E-state index in [1.807, 2.05) is 50.2 Å². The van der Waals surface area contributed by atoms with Gasteiger partial charge in [0.2, 0.25) is 0 Å². The third-order valence-corrected chi connectivity index (χ3v) is 4.06. The summed E-state index contributed by atoms with van der Waals surface area (Å²) < 4.78 is 6.57. The number of carbonyl (C=O) groups is 2. The van der Waals surface area contributed by atoms with E-state index in [2.05, 4.69) is 5.87 Å². The van der Waals surface area contributed by atoms with Crippen LogP contribution in [0.3, 0.4) is 0 Å². The van der Waals surface area contributed by atoms with Gasteiger partial charge in [-0.3, -0.25) is 10.2 Å². The molecule has 0 aliphatic heterocycles. The van der Waals surface area contributed by atoms with Gasteiger partial charge in [0.05, 0.1) is 6.61 Å². The fourth-order valence-corrected chi connectivity index (χ4v) is 2.48. The maximum absolute atomic E-state index is 13.2. The molecule has 1 aromatic heterocycles. The predicted molar refractivity (Wildman–Crippen MR) is 109 cm³/mol. The number of ether oxygens (including phenoxy) is 1. The quantitative estimate of drug-likeness (QED) is 0.201. The van der Waals surface area contributed by atoms with Crippen molar-refractivity contribution < 1.29 is 18.9 Å². The minimum absolute atomic E-state index is 0.124. The zero-order chi connectivity index (χ0) is 20.7. The van der Waals surface area contributed by atoms with Crippen LogP contribution >= 0.6 is 0 Å². The molecule has 6 heteroatoms. The largest absolute Gasteiger partial charge is 0.462 e. The van der Waals surface area contributed by atoms with E-state index >= 15 is 0 Å². The number of nitrogens with zero attached hydrogens (tertiary/aromatic N) is 2. The highest BCUT2D eigenvalue weighted by Gasteiger charge is 2.24. The van der Waals surface area contributed by atoms with Crippen LogP contribution in [0.25, 0.3) is 5.70 Å². The van der Waals surface area contributed by atoms with E-state index < -0.39 is 5.97 Å². The summed E-state index contributed by atoms with van der Waals surface area (Å²) in [6.45, 7) is 3.79. The fraction of sp³-hybridized carbons (Fsp3) is 0.227. The Kier molecular flexibility index (Phi) is 7.02. The van der Waals surface area contributed by atoms with Gasteiger partial charge in [-0.1, -0.05) is 29.8 Å². The van der Waals surface area contributed by atoms with Gasteiger partial charge in [-0.05, 0) is 19.7 Å². The summed E-state index contributed by atoms with van der Waals surface area (Å²) >= 11 is 0. The standard InChI is InChI=1S/C22H24N3O3/c1-5-28-22(27)18(15-23)14-20(21(26)17-8-6-16(2)7-9-17)25-12-10-19(11-13-25)24(3)4/h6-14,23H,5H2,1-4H3/q+1/b20-14-. The lowest BCUT2D eigenvalue weighted by Gasteiger charge is -2.11. The van der Waals surface area contributed by atoms with Crippen LogP contribution in [0.15, 0.2) is 60.4 Å². The number of allylic oxidation sites excluding steroid dienone is 1. The van der Waals surface area contributed by atoms with Crippen molar-refractivity contribution in [2.75, 3.05) is 25.6 Å². The normalized spacial score (nSPS) is 10.8. The molecule has 144 valence electrons. The van der Waals surface area contributed by atoms with Crippen molar-refractivity contribution in [2.24, 2.45) is 0 Å². The van der Waals surface area contributed by atoms with Gasteiger partial charge in [0.15, 0.2) is 12.4 Å². The van der Waals surface area contributed by atoms with Crippen LogP contribution < -0.4 is 9.47 Å². The topological polar surface area (TPSA) is 74.3 Å². The van der Waals surface area contributed by atoms with Crippen LogP contribution in [0.5, 0.6) is 0 Å². The molecular formula is C22H24N3O3+. The van der Waals surface area contributed by atoms with E-state index in [0.717, 1.165) is 11.3 Å². The third kappa shape index (κ3) is 5.02. The Morgan fingerprint density at radius 2 is 1.75 bits per heavy atom. The minimum atomic E-state index is -0.697. The average molecular weight is 378 g/mol. The number of aromatic nitrogens is 1. The molecule has 1 aromatic carbocycles. The maximum Gasteiger partial charge on any atom is 0.347 e. The van der Waals surface area contributed by atoms with Crippen molar-refractivity contribution in [1.29, 1.82) is 5.41 Å². The molecule has 0 saturated carbocycles. The van der Waals surface area contributed by atoms with E-state index in [0.29, 0.717) is 5.56 Å². The summed E-state index contributed by atoms with van der Waals surface area (Å²) in [7, 11) is 3.84. The lowest BCUT2D eigenvalue weighted by molar-refractivity contribution is -0.576. The van der Waals surface area contributed by atoms with Crippen molar-refractivity contribution in [1.82, 2.24) is 0 Å². The second-order valence-corrected chi connectivity index (χ2v) is 6.34. The molecule has 2 aromatic rings. The van der Waals surface area contributed by atoms with E-state index in [1.54, 1.807) is 36.0 Å². The summed E-state index contributed by atoms with van der Waals surface area (Å²) in [5.41, 5.74) is 2.58. The maximum atomic E-state index is 13.2. The Bertz CT molecular complexity index is 936. The minimum Gasteiger partial charge on any atom is -0.462 e. The van der Waals surface area contributed by atoms with Gasteiger partial charge in [0, 0.05) is 43.6 Å². The van der Waals surface area contributed by atoms with Crippen LogP contribution in [0.1, 0.15) is 22.8 Å². The zero-order valence-electron chi connectivity index (χ0n) is 16.5. The van der Waals surface area contributed by atoms with Crippen LogP contribution in [-0.4, -0.2) is 38.3 Å². The number of hydrogen-bond donors (Lipinski definition) is 1. The van der Waals surface area contributed by atoms with Crippen LogP contribution in [-0.2, 0) is 9.53 Å². The Morgan fingerprint density at radius 3 is 2.25 bits per heavy atom. The number of Topliss-reactive ketones (excluding diaryl/α,β-unsaturated/α-hetero) is 1. The smallest absolute Gasteiger partial charge is 0.347 e. The second kappa shape index (κ2) is 9.44. The predicted octanol–water partition coefficient (Wildman–Crippen LogP) is 2.81. The molecule has 0 atom stereocenters. The van der Waals surface area contributed by atoms with Gasteiger partial charge in [-0.15, -0.1) is 0 Å². The van der Waals surface area contributed by atoms with E-state index in [4.69, 9.17) is 10.1 Å². The second-order valence-electron chi connectivity index (χ2n) is 6.34. The molecule has 0 amide bonds. The van der Waals surface area contributed by atoms with Crippen molar-refractivity contribution in [3.63, 3.8) is 0 Å². The molecule has 28 heavy (non-hydrogen) atoms. The van der Waals surface area contributed by atoms with Gasteiger partial charge < -0.3 is 9.64 Å². The molecule has 0 radical (unpaired) electrons. The van der Waals surface area contributed by atoms with E-state index in [-0.39, 0.29) is 23.7 Å². The third-order valence-electron chi connectivity index (χ3n) is 4.06. The van der Waals surface area contributed by atoms with Gasteiger partial charge in [0.25, 0.3) is 11.5 Å². The first-order valence-corrected chi connectivity index (χ1v) is 8.86. The Balaban J connectivity index is 2.55. The van der Waals surface area contributed by atoms with Gasteiger partial charge in [0.1, 0.15) is 5.57 Å². The number of carbonyl (C=O) groups excluding carboxylic acids is 2. The zero-order valence-corrected chi connectivity index (χ0v) is 16.5. The molecule has 1 N–H and O–H groups in total. The molecule has 0 bridgehead atoms. The number of nitrogens with one attached hydrogen (secondary N) is 1. The van der Waals surface area contributed by atoms with E-state index in [1.165, 1.54) is 6.08 Å². The molecule has 0 fully saturated rings. The van der Waals surface area contributed by atoms with Crippen molar-refractivity contribution in [2.45, 2.75) is 13.8 Å². The number of esters is 1. The molecule has 0 spiro atoms. The summed E-state index contributed by atoms with van der Waals surface area (Å²) in [4.78, 5) is 27.2. The summed E-state index contributed by atoms with van der Waals surface area (Å²) in [6.07, 6.45) is 4.81. The van der Waals surface area contributed by atoms with Crippen LogP contribution in [0.2, 0.25) is 0 Å². The number of benzene rings is 1. The first kappa shape index (κ1) is 20.8. The highest BCUT2D eigenvalue weighted by molar-refractivity contribution is 6.23. The molecule has 6 nitrogen and oxygen atoms in total. The summed E-state index contributed by atoms with van der Waals surface area (Å²) in [6, 6.07) is 10.9. The average Bonchev–Trinajstić information content (AvgIpc) is 2.69. The van der Waals surface area contributed by atoms with Crippen LogP contribution in [0, 0.1) is 12.3 Å². The van der Waals surface area contributed by atoms with Gasteiger partial charge in [-0.2, -0.15) is 4.57 Å². The molecule has 1 heterocycles. The van der Waals surface area contributed by atoms with Gasteiger partial charge in [-0.25, -0.2) is 4.79 Å². The van der Waals surface area contributed by atoms with Crippen molar-refractivity contribution >= 4 is 29.0 Å². The van der Waals surface area contributed by atoms with Crippen molar-refractivity contribution in [3.8, 4) is 0 Å². The number of anilines is 1. The Morgan fingerprint density at radius 1 is 1.14 bits per heavy atom. The molecule has 2 rings (SSSR count). The van der Waals surface area contributed by atoms with E-state index in [9.17, 15) is 9.59 Å². The number of hydrogen-bond acceptors (Lipinski definition) is 5. The van der Waals surface area contributed by atoms with Gasteiger partial charge >= 0.3 is 5.97 Å². The fourth-order valence-electron chi connectivity index (χ4n) is 2.48. The molecular weight excluding hydrogens is 354 g/mol. The Labute approximate surface area is 164 Å². The highest BCUT2D eigenvalue weighted by Crippen LogP contribution is 2.14. The molecule has 0 unspecified atom stereocenters. The Hall–Kier alpha value is -3.50. The van der Waals surface area contributed by atoms with Crippen LogP contribution in [0.4, 0.5) is 5.69 Å². The lowest BCUT2D eigenvalue weighted by atomic mass is 10.0. The monoisotopic (exact) mass is 378 g/mol. The number of rotatable bonds is 7. The number of ketones is 1. The molecule has 0 aliphatic rings. The molecule has 0 saturated heterocycles. The summed E-state index contributed by atoms with van der Waals surface area (Å²) in [5, 5.41) is 7.43. The summed E-state index contributed by atoms with van der Waals surface area (Å²) in [5.74, 6) is 1.10. The first-order valence-electron chi connectivity index (χ1n) is 8.86. The molecule has 0 aliphatic carbocycles.